The summed E-state index contributed by atoms with van der Waals surface area (Å²) in [7, 11) is -1.52. The number of urea groups is 1. The quantitative estimate of drug-likeness (QED) is 0.682. The molecular formula is C17H25N3O5S. The Labute approximate surface area is 153 Å². The monoisotopic (exact) mass is 383 g/mol. The fourth-order valence-electron chi connectivity index (χ4n) is 2.71. The molecule has 9 heteroatoms. The number of carbonyl (C=O) groups excluding carboxylic acids is 2. The van der Waals surface area contributed by atoms with Gasteiger partial charge in [0.05, 0.1) is 18.6 Å². The molecule has 0 saturated carbocycles. The number of ether oxygens (including phenoxy) is 1. The van der Waals surface area contributed by atoms with Crippen molar-refractivity contribution in [1.82, 2.24) is 10.6 Å². The van der Waals surface area contributed by atoms with Crippen molar-refractivity contribution in [2.24, 2.45) is 5.92 Å². The van der Waals surface area contributed by atoms with Crippen LogP contribution in [0.3, 0.4) is 0 Å². The Hall–Kier alpha value is -2.29. The summed E-state index contributed by atoms with van der Waals surface area (Å²) >= 11 is 0. The van der Waals surface area contributed by atoms with Gasteiger partial charge in [-0.2, -0.15) is 0 Å². The first-order valence-electron chi connectivity index (χ1n) is 8.42. The molecule has 1 aromatic rings. The van der Waals surface area contributed by atoms with Gasteiger partial charge in [0.15, 0.2) is 9.84 Å². The van der Waals surface area contributed by atoms with Crippen molar-refractivity contribution >= 4 is 27.5 Å². The number of nitrogens with one attached hydrogen (secondary N) is 3. The Morgan fingerprint density at radius 1 is 1.19 bits per heavy atom. The molecule has 144 valence electrons. The van der Waals surface area contributed by atoms with E-state index in [-0.39, 0.29) is 23.3 Å². The molecule has 1 aromatic carbocycles. The first kappa shape index (κ1) is 20.0. The summed E-state index contributed by atoms with van der Waals surface area (Å²) in [5.41, 5.74) is 0.588. The summed E-state index contributed by atoms with van der Waals surface area (Å²) in [6.45, 7) is 3.64. The zero-order valence-electron chi connectivity index (χ0n) is 15.1. The first-order chi connectivity index (χ1) is 12.2. The van der Waals surface area contributed by atoms with Gasteiger partial charge in [-0.15, -0.1) is 0 Å². The third-order valence-corrected chi connectivity index (χ3v) is 5.93. The minimum atomic E-state index is -3.08. The zero-order valence-corrected chi connectivity index (χ0v) is 15.9. The van der Waals surface area contributed by atoms with E-state index < -0.39 is 28.0 Å². The number of amides is 3. The van der Waals surface area contributed by atoms with Crippen LogP contribution < -0.4 is 20.7 Å². The minimum Gasteiger partial charge on any atom is -0.497 e. The van der Waals surface area contributed by atoms with Gasteiger partial charge in [-0.25, -0.2) is 13.2 Å². The van der Waals surface area contributed by atoms with E-state index >= 15 is 0 Å². The average molecular weight is 383 g/mol. The summed E-state index contributed by atoms with van der Waals surface area (Å²) in [5, 5.41) is 8.01. The molecule has 0 unspecified atom stereocenters. The van der Waals surface area contributed by atoms with E-state index in [0.717, 1.165) is 0 Å². The summed E-state index contributed by atoms with van der Waals surface area (Å²) in [5.74, 6) is 0.187. The predicted molar refractivity (Wildman–Crippen MR) is 99.0 cm³/mol. The van der Waals surface area contributed by atoms with Crippen LogP contribution in [0.15, 0.2) is 24.3 Å². The van der Waals surface area contributed by atoms with Gasteiger partial charge in [-0.3, -0.25) is 4.79 Å². The van der Waals surface area contributed by atoms with Gasteiger partial charge in [-0.1, -0.05) is 13.8 Å². The molecular weight excluding hydrogens is 358 g/mol. The van der Waals surface area contributed by atoms with Crippen molar-refractivity contribution in [3.8, 4) is 5.75 Å². The van der Waals surface area contributed by atoms with E-state index in [0.29, 0.717) is 17.9 Å². The van der Waals surface area contributed by atoms with Crippen LogP contribution in [0.4, 0.5) is 10.5 Å². The Morgan fingerprint density at radius 3 is 2.35 bits per heavy atom. The molecule has 0 bridgehead atoms. The minimum absolute atomic E-state index is 0.0647. The van der Waals surface area contributed by atoms with Crippen LogP contribution in [0.25, 0.3) is 0 Å². The molecule has 1 saturated heterocycles. The smallest absolute Gasteiger partial charge is 0.315 e. The van der Waals surface area contributed by atoms with Crippen molar-refractivity contribution < 1.29 is 22.7 Å². The lowest BCUT2D eigenvalue weighted by atomic mass is 10.0. The Bertz CT molecular complexity index is 746. The van der Waals surface area contributed by atoms with Crippen LogP contribution in [0.2, 0.25) is 0 Å². The SMILES string of the molecule is COc1ccc(NC(=O)[C@@H](NC(=O)N[C@@H]2CCS(=O)(=O)C2)C(C)C)cc1. The van der Waals surface area contributed by atoms with Crippen LogP contribution in [0.5, 0.6) is 5.75 Å². The molecule has 2 rings (SSSR count). The molecule has 0 aliphatic carbocycles. The van der Waals surface area contributed by atoms with Gasteiger partial charge in [0.2, 0.25) is 5.91 Å². The van der Waals surface area contributed by atoms with Gasteiger partial charge in [0.1, 0.15) is 11.8 Å². The van der Waals surface area contributed by atoms with Gasteiger partial charge < -0.3 is 20.7 Å². The van der Waals surface area contributed by atoms with Gasteiger partial charge >= 0.3 is 6.03 Å². The van der Waals surface area contributed by atoms with E-state index in [2.05, 4.69) is 16.0 Å². The molecule has 1 aliphatic rings. The van der Waals surface area contributed by atoms with Gasteiger partial charge in [0, 0.05) is 11.7 Å². The second-order valence-electron chi connectivity index (χ2n) is 6.66. The van der Waals surface area contributed by atoms with Crippen molar-refractivity contribution in [1.29, 1.82) is 0 Å². The van der Waals surface area contributed by atoms with Crippen molar-refractivity contribution in [2.45, 2.75) is 32.4 Å². The molecule has 3 N–H and O–H groups in total. The fraction of sp³-hybridized carbons (Fsp3) is 0.529. The normalized spacial score (nSPS) is 19.6. The number of carbonyl (C=O) groups is 2. The number of methoxy groups -OCH3 is 1. The fourth-order valence-corrected chi connectivity index (χ4v) is 4.38. The van der Waals surface area contributed by atoms with Crippen LogP contribution in [0.1, 0.15) is 20.3 Å². The largest absolute Gasteiger partial charge is 0.497 e. The highest BCUT2D eigenvalue weighted by Gasteiger charge is 2.30. The topological polar surface area (TPSA) is 114 Å². The Morgan fingerprint density at radius 2 is 1.85 bits per heavy atom. The van der Waals surface area contributed by atoms with E-state index in [1.165, 1.54) is 0 Å². The second-order valence-corrected chi connectivity index (χ2v) is 8.89. The lowest BCUT2D eigenvalue weighted by molar-refractivity contribution is -0.118. The molecule has 0 radical (unpaired) electrons. The first-order valence-corrected chi connectivity index (χ1v) is 10.2. The molecule has 3 amide bonds. The number of hydrogen-bond acceptors (Lipinski definition) is 5. The third-order valence-electron chi connectivity index (χ3n) is 4.16. The molecule has 1 aliphatic heterocycles. The summed E-state index contributed by atoms with van der Waals surface area (Å²) in [6.07, 6.45) is 0.389. The summed E-state index contributed by atoms with van der Waals surface area (Å²) < 4.78 is 28.0. The number of benzene rings is 1. The molecule has 0 spiro atoms. The maximum absolute atomic E-state index is 12.5. The highest BCUT2D eigenvalue weighted by Crippen LogP contribution is 2.16. The zero-order chi connectivity index (χ0) is 19.3. The van der Waals surface area contributed by atoms with Crippen molar-refractivity contribution in [3.05, 3.63) is 24.3 Å². The molecule has 1 fully saturated rings. The van der Waals surface area contributed by atoms with Gasteiger partial charge in [-0.05, 0) is 36.6 Å². The number of anilines is 1. The van der Waals surface area contributed by atoms with Crippen LogP contribution in [-0.4, -0.2) is 51.1 Å². The highest BCUT2D eigenvalue weighted by molar-refractivity contribution is 7.91. The van der Waals surface area contributed by atoms with Crippen molar-refractivity contribution in [3.63, 3.8) is 0 Å². The maximum Gasteiger partial charge on any atom is 0.315 e. The molecule has 1 heterocycles. The lowest BCUT2D eigenvalue weighted by Crippen LogP contribution is -2.52. The number of rotatable bonds is 6. The Kier molecular flexibility index (Phi) is 6.47. The lowest BCUT2D eigenvalue weighted by Gasteiger charge is -2.23. The number of hydrogen-bond donors (Lipinski definition) is 3. The van der Waals surface area contributed by atoms with E-state index in [1.807, 2.05) is 13.8 Å². The molecule has 8 nitrogen and oxygen atoms in total. The number of sulfone groups is 1. The highest BCUT2D eigenvalue weighted by atomic mass is 32.2. The van der Waals surface area contributed by atoms with Crippen LogP contribution >= 0.6 is 0 Å². The van der Waals surface area contributed by atoms with E-state index in [4.69, 9.17) is 4.74 Å². The third kappa shape index (κ3) is 5.62. The standard InChI is InChI=1S/C17H25N3O5S/c1-11(2)15(16(21)18-12-4-6-14(25-3)7-5-12)20-17(22)19-13-8-9-26(23,24)10-13/h4-7,11,13,15H,8-10H2,1-3H3,(H,18,21)(H2,19,20,22)/t13-,15+/m1/s1. The van der Waals surface area contributed by atoms with Crippen LogP contribution in [-0.2, 0) is 14.6 Å². The summed E-state index contributed by atoms with van der Waals surface area (Å²) in [6, 6.07) is 5.14. The van der Waals surface area contributed by atoms with E-state index in [1.54, 1.807) is 31.4 Å². The van der Waals surface area contributed by atoms with Gasteiger partial charge in [0.25, 0.3) is 0 Å². The maximum atomic E-state index is 12.5. The molecule has 2 atom stereocenters. The predicted octanol–water partition coefficient (Wildman–Crippen LogP) is 1.14. The Balaban J connectivity index is 1.94. The molecule has 0 aromatic heterocycles. The second kappa shape index (κ2) is 8.39. The average Bonchev–Trinajstić information content (AvgIpc) is 2.91. The summed E-state index contributed by atoms with van der Waals surface area (Å²) in [4.78, 5) is 24.7. The van der Waals surface area contributed by atoms with Crippen molar-refractivity contribution in [2.75, 3.05) is 23.9 Å². The molecule has 26 heavy (non-hydrogen) atoms. The van der Waals surface area contributed by atoms with E-state index in [9.17, 15) is 18.0 Å². The van der Waals surface area contributed by atoms with Crippen LogP contribution in [0, 0.1) is 5.92 Å².